The lowest BCUT2D eigenvalue weighted by atomic mass is 9.92. The van der Waals surface area contributed by atoms with E-state index in [9.17, 15) is 14.0 Å². The summed E-state index contributed by atoms with van der Waals surface area (Å²) in [7, 11) is 0. The van der Waals surface area contributed by atoms with Crippen molar-refractivity contribution in [3.8, 4) is 0 Å². The second-order valence-electron chi connectivity index (χ2n) is 13.9. The molecule has 3 aliphatic rings. The molecule has 3 aromatic rings. The first-order chi connectivity index (χ1) is 23.4. The molecule has 5 heterocycles. The van der Waals surface area contributed by atoms with Crippen LogP contribution in [0.4, 0.5) is 25.5 Å². The fraction of sp³-hybridized carbons (Fsp3) is 0.588. The van der Waals surface area contributed by atoms with Gasteiger partial charge in [-0.25, -0.2) is 23.5 Å². The van der Waals surface area contributed by atoms with Crippen LogP contribution in [0.1, 0.15) is 92.7 Å². The van der Waals surface area contributed by atoms with Gasteiger partial charge in [-0.15, -0.1) is 0 Å². The molecule has 3 unspecified atom stereocenters. The Kier molecular flexibility index (Phi) is 10.00. The standard InChI is InChI=1S/C34H44F2N8O5/c1-6-44(22-9-11-42(12-10-22)32-40-29(41-49-32)28-8-7-13-47-28)30(45)21-16-37-31(38-17-21)43-18-24(23-14-20(2)25(35)15-26(23)36)27(19-43)39-33(46)48-34(3,4)5/h14-17,22,24,27-28H,6-13,18-19H2,1-5H3,(H,39,46). The number of rotatable bonds is 8. The molecule has 1 N–H and O–H groups in total. The highest BCUT2D eigenvalue weighted by Gasteiger charge is 2.39. The first kappa shape index (κ1) is 34.5. The van der Waals surface area contributed by atoms with E-state index in [1.807, 2.05) is 21.6 Å². The predicted octanol–water partition coefficient (Wildman–Crippen LogP) is 4.93. The lowest BCUT2D eigenvalue weighted by Gasteiger charge is -2.37. The Hall–Kier alpha value is -4.40. The molecule has 3 atom stereocenters. The number of ether oxygens (including phenoxy) is 2. The van der Waals surface area contributed by atoms with Crippen LogP contribution in [0.5, 0.6) is 0 Å². The third kappa shape index (κ3) is 7.76. The number of hydrogen-bond acceptors (Lipinski definition) is 11. The third-order valence-electron chi connectivity index (χ3n) is 9.29. The van der Waals surface area contributed by atoms with Gasteiger partial charge < -0.3 is 34.0 Å². The van der Waals surface area contributed by atoms with E-state index in [2.05, 4.69) is 25.4 Å². The quantitative estimate of drug-likeness (QED) is 0.346. The highest BCUT2D eigenvalue weighted by Crippen LogP contribution is 2.33. The van der Waals surface area contributed by atoms with E-state index >= 15 is 4.39 Å². The summed E-state index contributed by atoms with van der Waals surface area (Å²) in [5, 5.41) is 6.98. The lowest BCUT2D eigenvalue weighted by Crippen LogP contribution is -2.47. The molecule has 1 aromatic carbocycles. The van der Waals surface area contributed by atoms with Crippen LogP contribution in [0, 0.1) is 18.6 Å². The van der Waals surface area contributed by atoms with Crippen LogP contribution in [0.25, 0.3) is 0 Å². The minimum atomic E-state index is -0.729. The zero-order valence-corrected chi connectivity index (χ0v) is 28.6. The summed E-state index contributed by atoms with van der Waals surface area (Å²) in [5.41, 5.74) is 0.202. The summed E-state index contributed by atoms with van der Waals surface area (Å²) >= 11 is 0. The van der Waals surface area contributed by atoms with E-state index in [1.54, 1.807) is 27.7 Å². The van der Waals surface area contributed by atoms with Crippen LogP contribution in [0.3, 0.4) is 0 Å². The number of hydrogen-bond donors (Lipinski definition) is 1. The van der Waals surface area contributed by atoms with Crippen LogP contribution < -0.4 is 15.1 Å². The molecule has 49 heavy (non-hydrogen) atoms. The molecule has 0 saturated carbocycles. The van der Waals surface area contributed by atoms with E-state index < -0.39 is 35.3 Å². The van der Waals surface area contributed by atoms with E-state index in [1.165, 1.54) is 18.5 Å². The number of carbonyl (C=O) groups is 2. The van der Waals surface area contributed by atoms with Crippen molar-refractivity contribution in [2.24, 2.45) is 0 Å². The third-order valence-corrected chi connectivity index (χ3v) is 9.29. The summed E-state index contributed by atoms with van der Waals surface area (Å²) in [5.74, 6) is -1.13. The second-order valence-corrected chi connectivity index (χ2v) is 13.9. The van der Waals surface area contributed by atoms with Gasteiger partial charge in [0.25, 0.3) is 5.91 Å². The van der Waals surface area contributed by atoms with Crippen LogP contribution in [-0.2, 0) is 9.47 Å². The fourth-order valence-electron chi connectivity index (χ4n) is 6.82. The van der Waals surface area contributed by atoms with E-state index in [0.29, 0.717) is 55.2 Å². The largest absolute Gasteiger partial charge is 0.444 e. The molecule has 0 aliphatic carbocycles. The van der Waals surface area contributed by atoms with Crippen molar-refractivity contribution in [1.29, 1.82) is 0 Å². The highest BCUT2D eigenvalue weighted by atomic mass is 19.1. The molecule has 0 spiro atoms. The van der Waals surface area contributed by atoms with Gasteiger partial charge in [0, 0.05) is 69.8 Å². The summed E-state index contributed by atoms with van der Waals surface area (Å²) in [6, 6.07) is 2.26. The maximum atomic E-state index is 15.1. The van der Waals surface area contributed by atoms with Crippen molar-refractivity contribution in [3.63, 3.8) is 0 Å². The van der Waals surface area contributed by atoms with Crippen LogP contribution >= 0.6 is 0 Å². The number of piperidine rings is 1. The molecule has 15 heteroatoms. The lowest BCUT2D eigenvalue weighted by molar-refractivity contribution is 0.0504. The molecule has 13 nitrogen and oxygen atoms in total. The number of anilines is 2. The molecule has 3 saturated heterocycles. The average molecular weight is 683 g/mol. The summed E-state index contributed by atoms with van der Waals surface area (Å²) in [4.78, 5) is 45.7. The van der Waals surface area contributed by atoms with Crippen molar-refractivity contribution in [3.05, 3.63) is 58.7 Å². The molecule has 0 bridgehead atoms. The Bertz CT molecular complexity index is 1630. The van der Waals surface area contributed by atoms with Gasteiger partial charge in [-0.05, 0) is 77.5 Å². The zero-order valence-electron chi connectivity index (χ0n) is 28.6. The predicted molar refractivity (Wildman–Crippen MR) is 175 cm³/mol. The van der Waals surface area contributed by atoms with E-state index in [-0.39, 0.29) is 36.7 Å². The molecule has 0 radical (unpaired) electrons. The zero-order chi connectivity index (χ0) is 34.9. The number of aryl methyl sites for hydroxylation is 1. The molecule has 2 amide bonds. The Morgan fingerprint density at radius 3 is 2.45 bits per heavy atom. The van der Waals surface area contributed by atoms with Crippen LogP contribution in [0.15, 0.2) is 29.0 Å². The minimum Gasteiger partial charge on any atom is -0.444 e. The van der Waals surface area contributed by atoms with Gasteiger partial charge in [-0.1, -0.05) is 5.16 Å². The van der Waals surface area contributed by atoms with Crippen molar-refractivity contribution >= 4 is 24.0 Å². The molecule has 6 rings (SSSR count). The number of aromatic nitrogens is 4. The number of amides is 2. The van der Waals surface area contributed by atoms with Crippen molar-refractivity contribution in [2.45, 2.75) is 90.0 Å². The van der Waals surface area contributed by atoms with E-state index in [4.69, 9.17) is 14.0 Å². The Labute approximate surface area is 284 Å². The van der Waals surface area contributed by atoms with Crippen molar-refractivity contribution in [2.75, 3.05) is 49.1 Å². The maximum Gasteiger partial charge on any atom is 0.407 e. The van der Waals surface area contributed by atoms with Gasteiger partial charge in [0.05, 0.1) is 11.6 Å². The summed E-state index contributed by atoms with van der Waals surface area (Å²) in [6.07, 6.45) is 5.59. The smallest absolute Gasteiger partial charge is 0.407 e. The second kappa shape index (κ2) is 14.2. The Morgan fingerprint density at radius 2 is 1.80 bits per heavy atom. The first-order valence-electron chi connectivity index (χ1n) is 16.9. The Morgan fingerprint density at radius 1 is 1.06 bits per heavy atom. The van der Waals surface area contributed by atoms with Gasteiger partial charge in [0.2, 0.25) is 11.8 Å². The van der Waals surface area contributed by atoms with Gasteiger partial charge in [-0.2, -0.15) is 4.98 Å². The number of alkyl carbamates (subject to hydrolysis) is 1. The fourth-order valence-corrected chi connectivity index (χ4v) is 6.82. The monoisotopic (exact) mass is 682 g/mol. The molecule has 3 fully saturated rings. The van der Waals surface area contributed by atoms with Gasteiger partial charge in [0.1, 0.15) is 23.3 Å². The van der Waals surface area contributed by atoms with Crippen LogP contribution in [-0.4, -0.2) is 94.0 Å². The average Bonchev–Trinajstić information content (AvgIpc) is 3.85. The summed E-state index contributed by atoms with van der Waals surface area (Å²) < 4.78 is 45.8. The molecule has 2 aromatic heterocycles. The number of nitrogens with one attached hydrogen (secondary N) is 1. The topological polar surface area (TPSA) is 139 Å². The molecule has 3 aliphatic heterocycles. The van der Waals surface area contributed by atoms with Gasteiger partial charge in [0.15, 0.2) is 0 Å². The molecular weight excluding hydrogens is 638 g/mol. The minimum absolute atomic E-state index is 0.0158. The number of carbonyl (C=O) groups excluding carboxylic acids is 2. The first-order valence-corrected chi connectivity index (χ1v) is 16.9. The maximum absolute atomic E-state index is 15.1. The molecule has 264 valence electrons. The Balaban J connectivity index is 1.11. The van der Waals surface area contributed by atoms with Crippen LogP contribution in [0.2, 0.25) is 0 Å². The van der Waals surface area contributed by atoms with E-state index in [0.717, 1.165) is 31.7 Å². The van der Waals surface area contributed by atoms with Gasteiger partial charge >= 0.3 is 12.1 Å². The molecular formula is C34H44F2N8O5. The number of benzene rings is 1. The SMILES string of the molecule is CCN(C(=O)c1cnc(N2CC(NC(=O)OC(C)(C)C)C(c3cc(C)c(F)cc3F)C2)nc1)C1CCN(c2nc(C3CCCO3)no2)CC1. The number of nitrogens with zero attached hydrogens (tertiary/aromatic N) is 7. The highest BCUT2D eigenvalue weighted by molar-refractivity contribution is 5.94. The number of halogens is 2. The normalized spacial score (nSPS) is 21.7. The van der Waals surface area contributed by atoms with Gasteiger partial charge in [-0.3, -0.25) is 4.79 Å². The summed E-state index contributed by atoms with van der Waals surface area (Å²) in [6.45, 7) is 11.8. The van der Waals surface area contributed by atoms with Crippen molar-refractivity contribution in [1.82, 2.24) is 30.3 Å². The van der Waals surface area contributed by atoms with Crippen molar-refractivity contribution < 1.29 is 32.4 Å².